The second-order valence-electron chi connectivity index (χ2n) is 7.55. The van der Waals surface area contributed by atoms with Crippen molar-refractivity contribution in [3.63, 3.8) is 0 Å². The summed E-state index contributed by atoms with van der Waals surface area (Å²) in [6.07, 6.45) is 2.54. The molecule has 0 bridgehead atoms. The van der Waals surface area contributed by atoms with E-state index in [1.807, 2.05) is 62.4 Å². The van der Waals surface area contributed by atoms with Gasteiger partial charge in [-0.05, 0) is 38.0 Å². The van der Waals surface area contributed by atoms with Gasteiger partial charge in [0.1, 0.15) is 0 Å². The Morgan fingerprint density at radius 1 is 1.10 bits per heavy atom. The Kier molecular flexibility index (Phi) is 8.04. The first-order chi connectivity index (χ1) is 15.1. The van der Waals surface area contributed by atoms with E-state index in [4.69, 9.17) is 14.2 Å². The SMILES string of the molecule is C=CC/C(C(=O)OCC)=C(/CC1(C)OCCO1)N(Cc1ccccc1)c1ccccc1. The molecule has 2 aromatic carbocycles. The lowest BCUT2D eigenvalue weighted by Gasteiger charge is -2.34. The molecule has 0 saturated carbocycles. The molecule has 0 spiro atoms. The highest BCUT2D eigenvalue weighted by Crippen LogP contribution is 2.34. The molecule has 1 aliphatic heterocycles. The van der Waals surface area contributed by atoms with Gasteiger partial charge in [-0.3, -0.25) is 0 Å². The van der Waals surface area contributed by atoms with Crippen molar-refractivity contribution in [2.75, 3.05) is 24.7 Å². The van der Waals surface area contributed by atoms with E-state index in [1.54, 1.807) is 6.08 Å². The molecule has 2 aromatic rings. The number of hydrogen-bond acceptors (Lipinski definition) is 5. The van der Waals surface area contributed by atoms with Gasteiger partial charge in [-0.25, -0.2) is 4.79 Å². The van der Waals surface area contributed by atoms with Crippen LogP contribution in [0.5, 0.6) is 0 Å². The molecule has 1 saturated heterocycles. The van der Waals surface area contributed by atoms with Gasteiger partial charge in [-0.15, -0.1) is 6.58 Å². The zero-order valence-electron chi connectivity index (χ0n) is 18.4. The molecule has 164 valence electrons. The van der Waals surface area contributed by atoms with Crippen LogP contribution in [0.15, 0.2) is 84.6 Å². The molecule has 0 radical (unpaired) electrons. The maximum atomic E-state index is 13.0. The van der Waals surface area contributed by atoms with Gasteiger partial charge in [0.05, 0.1) is 25.4 Å². The van der Waals surface area contributed by atoms with Crippen LogP contribution in [0.3, 0.4) is 0 Å². The topological polar surface area (TPSA) is 48.0 Å². The predicted molar refractivity (Wildman–Crippen MR) is 122 cm³/mol. The summed E-state index contributed by atoms with van der Waals surface area (Å²) in [6, 6.07) is 20.2. The van der Waals surface area contributed by atoms with Crippen molar-refractivity contribution in [1.82, 2.24) is 0 Å². The molecule has 1 fully saturated rings. The molecule has 0 amide bonds. The standard InChI is InChI=1S/C26H31NO4/c1-4-12-23(25(28)29-5-2)24(19-26(3)30-17-18-31-26)27(22-15-10-7-11-16-22)20-21-13-8-6-9-14-21/h4,6-11,13-16H,1,5,12,17-20H2,2-3H3/b24-23+. The van der Waals surface area contributed by atoms with E-state index in [0.29, 0.717) is 44.8 Å². The van der Waals surface area contributed by atoms with Crippen LogP contribution in [0.1, 0.15) is 32.3 Å². The van der Waals surface area contributed by atoms with E-state index < -0.39 is 5.79 Å². The van der Waals surface area contributed by atoms with Crippen LogP contribution < -0.4 is 4.90 Å². The number of rotatable bonds is 10. The van der Waals surface area contributed by atoms with Gasteiger partial charge in [-0.1, -0.05) is 54.6 Å². The molecular formula is C26H31NO4. The Morgan fingerprint density at radius 2 is 1.71 bits per heavy atom. The minimum Gasteiger partial charge on any atom is -0.463 e. The minimum absolute atomic E-state index is 0.307. The van der Waals surface area contributed by atoms with Crippen molar-refractivity contribution in [3.8, 4) is 0 Å². The lowest BCUT2D eigenvalue weighted by atomic mass is 10.0. The van der Waals surface area contributed by atoms with Crippen LogP contribution in [-0.4, -0.2) is 31.6 Å². The highest BCUT2D eigenvalue weighted by molar-refractivity contribution is 5.90. The summed E-state index contributed by atoms with van der Waals surface area (Å²) in [7, 11) is 0. The fraction of sp³-hybridized carbons (Fsp3) is 0.346. The normalized spacial score (nSPS) is 15.8. The molecule has 0 N–H and O–H groups in total. The van der Waals surface area contributed by atoms with Crippen molar-refractivity contribution in [2.45, 2.75) is 39.0 Å². The fourth-order valence-corrected chi connectivity index (χ4v) is 3.73. The molecular weight excluding hydrogens is 390 g/mol. The van der Waals surface area contributed by atoms with Crippen molar-refractivity contribution in [2.24, 2.45) is 0 Å². The summed E-state index contributed by atoms with van der Waals surface area (Å²) in [5.41, 5.74) is 3.49. The molecule has 0 aliphatic carbocycles. The number of ether oxygens (including phenoxy) is 3. The Bertz CT molecular complexity index is 886. The number of esters is 1. The number of hydrogen-bond donors (Lipinski definition) is 0. The second kappa shape index (κ2) is 10.9. The van der Waals surface area contributed by atoms with Crippen LogP contribution >= 0.6 is 0 Å². The maximum absolute atomic E-state index is 13.0. The number of anilines is 1. The van der Waals surface area contributed by atoms with Crippen LogP contribution in [0.4, 0.5) is 5.69 Å². The molecule has 31 heavy (non-hydrogen) atoms. The lowest BCUT2D eigenvalue weighted by Crippen LogP contribution is -2.34. The van der Waals surface area contributed by atoms with E-state index >= 15 is 0 Å². The average Bonchev–Trinajstić information content (AvgIpc) is 3.22. The number of allylic oxidation sites excluding steroid dienone is 1. The first kappa shape index (κ1) is 22.8. The van der Waals surface area contributed by atoms with Crippen molar-refractivity contribution in [3.05, 3.63) is 90.2 Å². The van der Waals surface area contributed by atoms with Crippen LogP contribution in [0.25, 0.3) is 0 Å². The summed E-state index contributed by atoms with van der Waals surface area (Å²) in [5.74, 6) is -1.15. The monoisotopic (exact) mass is 421 g/mol. The Balaban J connectivity index is 2.14. The molecule has 5 nitrogen and oxygen atoms in total. The third kappa shape index (κ3) is 6.06. The number of carbonyl (C=O) groups excluding carboxylic acids is 1. The van der Waals surface area contributed by atoms with Gasteiger partial charge < -0.3 is 19.1 Å². The van der Waals surface area contributed by atoms with Gasteiger partial charge in [0.25, 0.3) is 0 Å². The maximum Gasteiger partial charge on any atom is 0.336 e. The van der Waals surface area contributed by atoms with Crippen LogP contribution in [0, 0.1) is 0 Å². The van der Waals surface area contributed by atoms with Crippen molar-refractivity contribution < 1.29 is 19.0 Å². The van der Waals surface area contributed by atoms with Gasteiger partial charge in [0.2, 0.25) is 0 Å². The number of para-hydroxylation sites is 1. The predicted octanol–water partition coefficient (Wildman–Crippen LogP) is 5.24. The van der Waals surface area contributed by atoms with E-state index in [9.17, 15) is 4.79 Å². The third-order valence-electron chi connectivity index (χ3n) is 5.18. The zero-order valence-corrected chi connectivity index (χ0v) is 18.4. The summed E-state index contributed by atoms with van der Waals surface area (Å²) < 4.78 is 17.2. The molecule has 3 rings (SSSR count). The summed E-state index contributed by atoms with van der Waals surface area (Å²) in [5, 5.41) is 0. The van der Waals surface area contributed by atoms with E-state index in [-0.39, 0.29) is 5.97 Å². The van der Waals surface area contributed by atoms with Gasteiger partial charge in [0, 0.05) is 24.4 Å². The molecule has 1 aliphatic rings. The van der Waals surface area contributed by atoms with E-state index in [1.165, 1.54) is 0 Å². The van der Waals surface area contributed by atoms with E-state index in [0.717, 1.165) is 16.9 Å². The quantitative estimate of drug-likeness (QED) is 0.298. The third-order valence-corrected chi connectivity index (χ3v) is 5.18. The smallest absolute Gasteiger partial charge is 0.336 e. The first-order valence-corrected chi connectivity index (χ1v) is 10.7. The minimum atomic E-state index is -0.808. The largest absolute Gasteiger partial charge is 0.463 e. The first-order valence-electron chi connectivity index (χ1n) is 10.7. The Hall–Kier alpha value is -2.89. The van der Waals surface area contributed by atoms with Crippen LogP contribution in [0.2, 0.25) is 0 Å². The fourth-order valence-electron chi connectivity index (χ4n) is 3.73. The van der Waals surface area contributed by atoms with E-state index in [2.05, 4.69) is 23.6 Å². The van der Waals surface area contributed by atoms with Gasteiger partial charge in [0.15, 0.2) is 5.79 Å². The highest BCUT2D eigenvalue weighted by Gasteiger charge is 2.36. The van der Waals surface area contributed by atoms with Gasteiger partial charge >= 0.3 is 5.97 Å². The summed E-state index contributed by atoms with van der Waals surface area (Å²) >= 11 is 0. The number of benzene rings is 2. The lowest BCUT2D eigenvalue weighted by molar-refractivity contribution is -0.142. The van der Waals surface area contributed by atoms with Crippen molar-refractivity contribution in [1.29, 1.82) is 0 Å². The number of nitrogens with zero attached hydrogens (tertiary/aromatic N) is 1. The van der Waals surface area contributed by atoms with Gasteiger partial charge in [-0.2, -0.15) is 0 Å². The highest BCUT2D eigenvalue weighted by atomic mass is 16.7. The number of carbonyl (C=O) groups is 1. The molecule has 0 aromatic heterocycles. The molecule has 0 atom stereocenters. The van der Waals surface area contributed by atoms with Crippen molar-refractivity contribution >= 4 is 11.7 Å². The average molecular weight is 422 g/mol. The second-order valence-corrected chi connectivity index (χ2v) is 7.55. The molecule has 1 heterocycles. The summed E-state index contributed by atoms with van der Waals surface area (Å²) in [4.78, 5) is 15.2. The molecule has 0 unspecified atom stereocenters. The summed E-state index contributed by atoms with van der Waals surface area (Å²) in [6.45, 7) is 9.56. The Morgan fingerprint density at radius 3 is 2.29 bits per heavy atom. The zero-order chi connectivity index (χ0) is 22.1. The van der Waals surface area contributed by atoms with Crippen LogP contribution in [-0.2, 0) is 25.5 Å². The molecule has 5 heteroatoms. The Labute approximate surface area is 184 Å².